The molecule has 9 N–H and O–H groups in total. The van der Waals surface area contributed by atoms with Crippen molar-refractivity contribution in [1.29, 1.82) is 5.26 Å². The average Bonchev–Trinajstić information content (AvgIpc) is 1.63. The Hall–Kier alpha value is -5.95. The molecular formula is C120H208N4O18S6-4. The standard InChI is InChI=1S/C19H31NO.C17H27NO.C16H23NO.C15H22O2.C15H22O.C14H19N.4C4H10O2S.2C4H10S.4H2O/c1-4-5-6-7-8-9-18-10-12-19(13-11-18)20-14-16(2)21-17(3)15-20;1-2-3-4-5-6-8-16-9-7-10-17(15-16)18-11-13-19-14-12-18;1-2-3-4-5-6-7-13-8-10-15-14(12-13)9-11-16(15)17-18;1-2-3-4-5-6-7-13-8-9-14-15(12-13)17-11-10-16-14;1-3-4-5-6-7-9-14-10-8-11-15(12-14)13(2)16;1-2-3-4-5-6-7-13-8-10-14(12-15)11-9-13;4*1-4(2,3)7(5)6;2*1-4(2,3)5;;;;/h10-13,16-17H,4-9,14-15H2,1-3H3;7,9-10,15H,2-6,8,11-14H2,1H3;8,10,12,18H,2-7,9,11H2,1H3;8-9,12H,2-7,10-11H2,1H3;8,10-12H,3-7,9H2,1-2H3;8-11H,2-7H2,1H3;4*1-3H3,(H,5,6);2*5H,1-3H3;4*1H2/p-4/b;;17-16+;;;;;;;;;;;;;/t16-,17+;;;;;;;;;;;;;;;. The van der Waals surface area contributed by atoms with Crippen LogP contribution < -0.4 is 19.3 Å². The lowest BCUT2D eigenvalue weighted by Gasteiger charge is -2.36. The number of rotatable bonds is 39. The summed E-state index contributed by atoms with van der Waals surface area (Å²) in [6.07, 6.45) is 49.6. The Morgan fingerprint density at radius 1 is 0.392 bits per heavy atom. The Morgan fingerprint density at radius 2 is 0.696 bits per heavy atom. The number of carbonyl (C=O) groups excluding carboxylic acids is 1. The van der Waals surface area contributed by atoms with Gasteiger partial charge in [0.2, 0.25) is 0 Å². The van der Waals surface area contributed by atoms with Gasteiger partial charge < -0.3 is 74.1 Å². The minimum Gasteiger partial charge on any atom is -0.772 e. The number of hydrogen-bond acceptors (Lipinski definition) is 20. The zero-order valence-corrected chi connectivity index (χ0v) is 102. The fourth-order valence-corrected chi connectivity index (χ4v) is 14.3. The fraction of sp³-hybridized carbons (Fsp3) is 0.675. The third-order valence-corrected chi connectivity index (χ3v) is 26.7. The van der Waals surface area contributed by atoms with E-state index in [4.69, 9.17) is 29.4 Å². The summed E-state index contributed by atoms with van der Waals surface area (Å²) in [7, 11) is 0. The molecule has 0 radical (unpaired) electrons. The molecule has 6 aromatic rings. The maximum absolute atomic E-state index is 11.2. The van der Waals surface area contributed by atoms with Crippen LogP contribution in [0.2, 0.25) is 0 Å². The van der Waals surface area contributed by atoms with E-state index in [1.807, 2.05) is 36.4 Å². The number of oxime groups is 1. The number of benzene rings is 6. The number of carbonyl (C=O) groups is 1. The van der Waals surface area contributed by atoms with Crippen LogP contribution in [0.4, 0.5) is 11.4 Å². The van der Waals surface area contributed by atoms with Gasteiger partial charge in [0.1, 0.15) is 13.2 Å². The molecule has 0 bridgehead atoms. The van der Waals surface area contributed by atoms with Crippen LogP contribution in [0.25, 0.3) is 0 Å². The number of anilines is 2. The lowest BCUT2D eigenvalue weighted by molar-refractivity contribution is -0.00522. The molecule has 10 rings (SSSR count). The van der Waals surface area contributed by atoms with Gasteiger partial charge in [-0.15, -0.1) is 0 Å². The largest absolute Gasteiger partial charge is 0.772 e. The van der Waals surface area contributed by atoms with Gasteiger partial charge >= 0.3 is 0 Å². The van der Waals surface area contributed by atoms with Crippen molar-refractivity contribution >= 4 is 92.4 Å². The molecule has 28 heteroatoms. The molecule has 4 unspecified atom stereocenters. The SMILES string of the molecule is CC(C)(C)S.CC(C)(C)S.CC(C)(C)S(=O)[O-].CC(C)(C)S(=O)[O-].CC(C)(C)S(=O)[O-].CC(C)(C)S(=O)[O-].CCCCCCCc1ccc(C#N)cc1.CCCCCCCc1ccc(N2C[C@@H](C)O[C@@H](C)C2)cc1.CCCCCCCc1ccc2c(c1)CC/C2=N\O.CCCCCCCc1ccc2c(c1)OCCO2.CCCCCCCc1cccc(C(C)=O)c1.CCCCCCCc1cccc(N2CCOCC2)c1.O.O.O.O. The Balaban J connectivity index is -0.000000381. The predicted molar refractivity (Wildman–Crippen MR) is 638 cm³/mol. The van der Waals surface area contributed by atoms with E-state index in [1.54, 1.807) is 90.0 Å². The second-order valence-electron chi connectivity index (χ2n) is 43.9. The first-order chi connectivity index (χ1) is 67.7. The highest BCUT2D eigenvalue weighted by molar-refractivity contribution is 7.82. The van der Waals surface area contributed by atoms with Gasteiger partial charge in [0.25, 0.3) is 0 Å². The van der Waals surface area contributed by atoms with Gasteiger partial charge in [-0.05, 0) is 332 Å². The highest BCUT2D eigenvalue weighted by Gasteiger charge is 2.24. The predicted octanol–water partition coefficient (Wildman–Crippen LogP) is 28.4. The lowest BCUT2D eigenvalue weighted by atomic mass is 10.0. The Kier molecular flexibility index (Phi) is 92.1. The van der Waals surface area contributed by atoms with Gasteiger partial charge in [-0.1, -0.05) is 321 Å². The van der Waals surface area contributed by atoms with Crippen LogP contribution in [0.3, 0.4) is 0 Å². The summed E-state index contributed by atoms with van der Waals surface area (Å²) in [5, 5.41) is 20.9. The molecule has 2 fully saturated rings. The Morgan fingerprint density at radius 3 is 1.03 bits per heavy atom. The molecule has 1 aliphatic carbocycles. The van der Waals surface area contributed by atoms with Crippen LogP contribution in [0.5, 0.6) is 11.5 Å². The van der Waals surface area contributed by atoms with Gasteiger partial charge in [-0.2, -0.15) is 30.5 Å². The zero-order chi connectivity index (χ0) is 109. The molecule has 6 atom stereocenters. The number of hydrogen-bond donors (Lipinski definition) is 3. The second-order valence-corrected chi connectivity index (χ2v) is 53.4. The second kappa shape index (κ2) is 89.3. The number of fused-ring (bicyclic) bond motifs is 2. The Bertz CT molecular complexity index is 4300. The van der Waals surface area contributed by atoms with E-state index in [0.29, 0.717) is 25.4 Å². The molecule has 22 nitrogen and oxygen atoms in total. The van der Waals surface area contributed by atoms with Crippen LogP contribution in [0.1, 0.15) is 446 Å². The minimum atomic E-state index is -1.93. The number of nitriles is 1. The molecule has 0 amide bonds. The number of nitrogens with zero attached hydrogens (tertiary/aromatic N) is 4. The van der Waals surface area contributed by atoms with Crippen molar-refractivity contribution in [1.82, 2.24) is 0 Å². The molecule has 856 valence electrons. The van der Waals surface area contributed by atoms with Crippen LogP contribution in [-0.4, -0.2) is 167 Å². The molecular weight excluding hydrogens is 1980 g/mol. The highest BCUT2D eigenvalue weighted by Crippen LogP contribution is 2.33. The summed E-state index contributed by atoms with van der Waals surface area (Å²) in [5.74, 6) is 1.97. The van der Waals surface area contributed by atoms with E-state index in [-0.39, 0.29) is 37.2 Å². The molecule has 3 aliphatic heterocycles. The third-order valence-electron chi connectivity index (χ3n) is 22.7. The quantitative estimate of drug-likeness (QED) is 0.00806. The van der Waals surface area contributed by atoms with Gasteiger partial charge in [-0.3, -0.25) is 21.6 Å². The van der Waals surface area contributed by atoms with Crippen molar-refractivity contribution in [3.63, 3.8) is 0 Å². The van der Waals surface area contributed by atoms with Crippen molar-refractivity contribution in [3.05, 3.63) is 189 Å². The van der Waals surface area contributed by atoms with Crippen LogP contribution in [0.15, 0.2) is 139 Å². The van der Waals surface area contributed by atoms with Crippen molar-refractivity contribution in [3.8, 4) is 17.6 Å². The average molecular weight is 2190 g/mol. The first-order valence-electron chi connectivity index (χ1n) is 54.2. The van der Waals surface area contributed by atoms with Crippen molar-refractivity contribution in [2.24, 2.45) is 5.16 Å². The molecule has 0 saturated carbocycles. The van der Waals surface area contributed by atoms with E-state index >= 15 is 0 Å². The molecule has 6 aromatic carbocycles. The van der Waals surface area contributed by atoms with E-state index in [9.17, 15) is 39.8 Å². The van der Waals surface area contributed by atoms with Gasteiger partial charge in [0, 0.05) is 77.2 Å². The summed E-state index contributed by atoms with van der Waals surface area (Å²) < 4.78 is 101. The van der Waals surface area contributed by atoms with Gasteiger partial charge in [0.15, 0.2) is 17.3 Å². The smallest absolute Gasteiger partial charge is 0.161 e. The van der Waals surface area contributed by atoms with Crippen molar-refractivity contribution in [2.75, 3.05) is 62.4 Å². The molecule has 0 aromatic heterocycles. The number of thiol groups is 2. The topological polar surface area (TPSA) is 403 Å². The third kappa shape index (κ3) is 85.4. The first kappa shape index (κ1) is 153. The molecule has 148 heavy (non-hydrogen) atoms. The van der Waals surface area contributed by atoms with Crippen molar-refractivity contribution < 1.29 is 85.9 Å². The zero-order valence-electron chi connectivity index (χ0n) is 97.0. The number of aryl methyl sites for hydroxylation is 7. The lowest BCUT2D eigenvalue weighted by Crippen LogP contribution is -2.45. The van der Waals surface area contributed by atoms with Gasteiger partial charge in [0.05, 0.1) is 42.8 Å². The molecule has 2 saturated heterocycles. The maximum Gasteiger partial charge on any atom is 0.161 e. The van der Waals surface area contributed by atoms with Crippen molar-refractivity contribution in [2.45, 2.75) is 472 Å². The van der Waals surface area contributed by atoms with E-state index in [1.165, 1.54) is 262 Å². The Labute approximate surface area is 922 Å². The summed E-state index contributed by atoms with van der Waals surface area (Å²) in [4.78, 5) is 16.1. The summed E-state index contributed by atoms with van der Waals surface area (Å²) in [6.45, 7) is 58.7. The molecule has 0 spiro atoms. The summed E-state index contributed by atoms with van der Waals surface area (Å²) in [5.41, 5.74) is 16.1. The molecule has 4 aliphatic rings. The number of Topliss-reactive ketones (excluding diaryl/α,β-unsaturated/α-hetero) is 1. The maximum atomic E-state index is 11.2. The van der Waals surface area contributed by atoms with E-state index in [0.717, 1.165) is 105 Å². The summed E-state index contributed by atoms with van der Waals surface area (Å²) >= 11 is 0.514. The van der Waals surface area contributed by atoms with Crippen LogP contribution in [0, 0.1) is 11.3 Å². The first-order valence-corrected chi connectivity index (χ1v) is 59.4. The monoisotopic (exact) mass is 2190 g/mol. The van der Waals surface area contributed by atoms with Crippen LogP contribution >= 0.6 is 25.3 Å². The number of unbranched alkanes of at least 4 members (excludes halogenated alkanes) is 24. The minimum absolute atomic E-state index is 0. The number of morpholine rings is 2. The van der Waals surface area contributed by atoms with E-state index in [2.05, 4.69) is 240 Å². The number of ketones is 1. The van der Waals surface area contributed by atoms with Crippen LogP contribution in [-0.2, 0) is 98.7 Å². The highest BCUT2D eigenvalue weighted by atomic mass is 32.2. The summed E-state index contributed by atoms with van der Waals surface area (Å²) in [6, 6.07) is 49.3. The van der Waals surface area contributed by atoms with Gasteiger partial charge in [-0.25, -0.2) is 0 Å². The van der Waals surface area contributed by atoms with E-state index < -0.39 is 63.3 Å². The molecule has 3 heterocycles. The fourth-order valence-electron chi connectivity index (χ4n) is 14.3. The normalized spacial score (nSPS) is 14.8. The number of ether oxygens (including phenoxy) is 4.